The van der Waals surface area contributed by atoms with Gasteiger partial charge in [-0.1, -0.05) is 33.4 Å². The van der Waals surface area contributed by atoms with E-state index in [4.69, 9.17) is 14.2 Å². The second-order valence-corrected chi connectivity index (χ2v) is 6.60. The van der Waals surface area contributed by atoms with Crippen molar-refractivity contribution in [3.63, 3.8) is 0 Å². The summed E-state index contributed by atoms with van der Waals surface area (Å²) in [6.07, 6.45) is 2.43. The molecule has 1 fully saturated rings. The molecule has 2 heterocycles. The van der Waals surface area contributed by atoms with Crippen LogP contribution < -0.4 is 0 Å². The van der Waals surface area contributed by atoms with E-state index in [1.54, 1.807) is 6.08 Å². The highest BCUT2D eigenvalue weighted by Gasteiger charge is 2.52. The Hall–Kier alpha value is -0.680. The van der Waals surface area contributed by atoms with Crippen LogP contribution in [-0.2, 0) is 14.2 Å². The summed E-state index contributed by atoms with van der Waals surface area (Å²) in [4.78, 5) is 0. The van der Waals surface area contributed by atoms with Gasteiger partial charge in [0.25, 0.3) is 0 Å². The first-order valence-electron chi connectivity index (χ1n) is 6.91. The van der Waals surface area contributed by atoms with Crippen LogP contribution in [-0.4, -0.2) is 36.0 Å². The average molecular weight is 266 g/mol. The van der Waals surface area contributed by atoms with Crippen LogP contribution >= 0.6 is 0 Å². The van der Waals surface area contributed by atoms with Crippen LogP contribution in [0, 0.1) is 5.41 Å². The number of rotatable bonds is 3. The molecule has 4 heteroatoms. The molecule has 0 radical (unpaired) electrons. The van der Waals surface area contributed by atoms with Crippen LogP contribution in [0.15, 0.2) is 23.8 Å². The summed E-state index contributed by atoms with van der Waals surface area (Å²) in [6.45, 7) is 10.2. The minimum Gasteiger partial charge on any atom is -0.364 e. The Morgan fingerprint density at radius 3 is 2.68 bits per heavy atom. The van der Waals surface area contributed by atoms with E-state index >= 15 is 0 Å². The molecule has 2 bridgehead atoms. The maximum Gasteiger partial charge on any atom is 0.185 e. The Morgan fingerprint density at radius 1 is 1.37 bits per heavy atom. The summed E-state index contributed by atoms with van der Waals surface area (Å²) < 4.78 is 17.2. The molecule has 5 atom stereocenters. The highest BCUT2D eigenvalue weighted by molar-refractivity contribution is 5.37. The van der Waals surface area contributed by atoms with Gasteiger partial charge >= 0.3 is 0 Å². The fourth-order valence-corrected chi connectivity index (χ4v) is 3.00. The van der Waals surface area contributed by atoms with Crippen LogP contribution in [0.3, 0.4) is 0 Å². The molecule has 3 aliphatic rings. The zero-order valence-electron chi connectivity index (χ0n) is 11.8. The van der Waals surface area contributed by atoms with Crippen LogP contribution in [0.4, 0.5) is 0 Å². The first-order valence-corrected chi connectivity index (χ1v) is 6.91. The highest BCUT2D eigenvalue weighted by atomic mass is 16.8. The predicted octanol–water partition coefficient (Wildman–Crippen LogP) is 2.14. The molecule has 0 spiro atoms. The Bertz CT molecular complexity index is 420. The fraction of sp³-hybridized carbons (Fsp3) is 0.733. The van der Waals surface area contributed by atoms with Gasteiger partial charge in [-0.05, 0) is 29.4 Å². The normalized spacial score (nSPS) is 41.6. The zero-order chi connectivity index (χ0) is 13.8. The Balaban J connectivity index is 1.66. The van der Waals surface area contributed by atoms with E-state index in [1.165, 1.54) is 0 Å². The molecule has 3 rings (SSSR count). The van der Waals surface area contributed by atoms with Gasteiger partial charge in [-0.3, -0.25) is 0 Å². The quantitative estimate of drug-likeness (QED) is 0.795. The van der Waals surface area contributed by atoms with Gasteiger partial charge in [-0.25, -0.2) is 0 Å². The first kappa shape index (κ1) is 13.3. The van der Waals surface area contributed by atoms with Gasteiger partial charge in [0.05, 0.1) is 6.10 Å². The van der Waals surface area contributed by atoms with Crippen molar-refractivity contribution in [3.8, 4) is 0 Å². The standard InChI is InChI=1S/C15H22O4/c1-5-8-9-6-7-10(11(8)18-13(9)16)17-14-12(19-14)15(2,3)4/h5,10-14,16H,1,6-7H2,2-4H3/t10?,11?,12-,13?,14?/m1/s1. The minimum atomic E-state index is -0.787. The molecule has 0 aromatic heterocycles. The molecule has 1 N–H and O–H groups in total. The fourth-order valence-electron chi connectivity index (χ4n) is 3.00. The summed E-state index contributed by atoms with van der Waals surface area (Å²) in [5.41, 5.74) is 2.05. The largest absolute Gasteiger partial charge is 0.364 e. The van der Waals surface area contributed by atoms with Crippen LogP contribution in [0.2, 0.25) is 0 Å². The minimum absolute atomic E-state index is 0.0498. The summed E-state index contributed by atoms with van der Waals surface area (Å²) in [5.74, 6) is 0. The summed E-state index contributed by atoms with van der Waals surface area (Å²) >= 11 is 0. The van der Waals surface area contributed by atoms with Crippen molar-refractivity contribution >= 4 is 0 Å². The second kappa shape index (κ2) is 4.42. The highest BCUT2D eigenvalue weighted by Crippen LogP contribution is 2.44. The molecular formula is C15H22O4. The zero-order valence-corrected chi connectivity index (χ0v) is 11.8. The van der Waals surface area contributed by atoms with Gasteiger partial charge in [-0.2, -0.15) is 0 Å². The van der Waals surface area contributed by atoms with Crippen molar-refractivity contribution in [2.24, 2.45) is 5.41 Å². The van der Waals surface area contributed by atoms with Gasteiger partial charge in [0.1, 0.15) is 12.2 Å². The van der Waals surface area contributed by atoms with E-state index in [0.29, 0.717) is 0 Å². The topological polar surface area (TPSA) is 51.2 Å². The number of aliphatic hydroxyl groups excluding tert-OH is 1. The van der Waals surface area contributed by atoms with Crippen molar-refractivity contribution < 1.29 is 19.3 Å². The van der Waals surface area contributed by atoms with Gasteiger partial charge in [0.15, 0.2) is 12.6 Å². The van der Waals surface area contributed by atoms with Crippen LogP contribution in [0.25, 0.3) is 0 Å². The molecule has 1 aliphatic carbocycles. The third-order valence-corrected chi connectivity index (χ3v) is 4.12. The van der Waals surface area contributed by atoms with Crippen LogP contribution in [0.5, 0.6) is 0 Å². The van der Waals surface area contributed by atoms with Gasteiger partial charge < -0.3 is 19.3 Å². The van der Waals surface area contributed by atoms with Crippen molar-refractivity contribution in [2.45, 2.75) is 64.5 Å². The van der Waals surface area contributed by atoms with E-state index in [9.17, 15) is 5.11 Å². The van der Waals surface area contributed by atoms with Crippen molar-refractivity contribution in [3.05, 3.63) is 23.8 Å². The van der Waals surface area contributed by atoms with E-state index in [2.05, 4.69) is 27.4 Å². The third-order valence-electron chi connectivity index (χ3n) is 4.12. The second-order valence-electron chi connectivity index (χ2n) is 6.60. The molecule has 2 aliphatic heterocycles. The van der Waals surface area contributed by atoms with Crippen molar-refractivity contribution in [1.29, 1.82) is 0 Å². The number of hydrogen-bond donors (Lipinski definition) is 1. The number of hydrogen-bond acceptors (Lipinski definition) is 4. The number of epoxide rings is 1. The molecule has 0 aromatic carbocycles. The number of ether oxygens (including phenoxy) is 3. The monoisotopic (exact) mass is 266 g/mol. The van der Waals surface area contributed by atoms with E-state index in [1.807, 2.05) is 0 Å². The van der Waals surface area contributed by atoms with E-state index in [-0.39, 0.29) is 30.0 Å². The molecule has 0 amide bonds. The van der Waals surface area contributed by atoms with Gasteiger partial charge in [0, 0.05) is 0 Å². The predicted molar refractivity (Wildman–Crippen MR) is 70.3 cm³/mol. The smallest absolute Gasteiger partial charge is 0.185 e. The number of aliphatic hydroxyl groups is 1. The summed E-state index contributed by atoms with van der Waals surface area (Å²) in [7, 11) is 0. The SMILES string of the molecule is C=CC1=C2CCC(OC3O[C@H]3C(C)(C)C)C1OC2O. The van der Waals surface area contributed by atoms with E-state index in [0.717, 1.165) is 24.0 Å². The lowest BCUT2D eigenvalue weighted by atomic mass is 9.89. The molecule has 106 valence electrons. The summed E-state index contributed by atoms with van der Waals surface area (Å²) in [5, 5.41) is 9.83. The average Bonchev–Trinajstić information content (AvgIpc) is 3.05. The molecule has 19 heavy (non-hydrogen) atoms. The lowest BCUT2D eigenvalue weighted by Gasteiger charge is -2.26. The third kappa shape index (κ3) is 2.27. The maximum absolute atomic E-state index is 9.83. The van der Waals surface area contributed by atoms with Gasteiger partial charge in [0.2, 0.25) is 0 Å². The molecule has 0 aromatic rings. The molecule has 1 saturated heterocycles. The number of fused-ring (bicyclic) bond motifs is 1. The summed E-state index contributed by atoms with van der Waals surface area (Å²) in [6, 6.07) is 0. The van der Waals surface area contributed by atoms with Crippen molar-refractivity contribution in [2.75, 3.05) is 0 Å². The van der Waals surface area contributed by atoms with Crippen LogP contribution in [0.1, 0.15) is 33.6 Å². The molecule has 0 saturated carbocycles. The lowest BCUT2D eigenvalue weighted by Crippen LogP contribution is -2.34. The van der Waals surface area contributed by atoms with E-state index < -0.39 is 6.29 Å². The first-order chi connectivity index (χ1) is 8.91. The lowest BCUT2D eigenvalue weighted by molar-refractivity contribution is -0.132. The maximum atomic E-state index is 9.83. The Morgan fingerprint density at radius 2 is 2.11 bits per heavy atom. The Kier molecular flexibility index (Phi) is 3.09. The molecule has 4 unspecified atom stereocenters. The van der Waals surface area contributed by atoms with Gasteiger partial charge in [-0.15, -0.1) is 0 Å². The Labute approximate surface area is 114 Å². The molecule has 4 nitrogen and oxygen atoms in total. The molecular weight excluding hydrogens is 244 g/mol. The van der Waals surface area contributed by atoms with Crippen molar-refractivity contribution in [1.82, 2.24) is 0 Å².